The Labute approximate surface area is 228 Å². The fourth-order valence-corrected chi connectivity index (χ4v) is 5.38. The van der Waals surface area contributed by atoms with E-state index in [1.165, 1.54) is 21.1 Å². The number of Topliss-reactive ketones (excluding diaryl/α,β-unsaturated/α-hetero) is 1. The number of aryl methyl sites for hydroxylation is 1. The van der Waals surface area contributed by atoms with E-state index in [4.69, 9.17) is 9.47 Å². The summed E-state index contributed by atoms with van der Waals surface area (Å²) in [5.74, 6) is -3.93. The van der Waals surface area contributed by atoms with Gasteiger partial charge in [0.2, 0.25) is 11.8 Å². The van der Waals surface area contributed by atoms with E-state index < -0.39 is 41.0 Å². The van der Waals surface area contributed by atoms with Crippen LogP contribution in [0.1, 0.15) is 37.3 Å². The molecular formula is C31H34N2O6. The molecule has 0 bridgehead atoms. The second-order valence-corrected chi connectivity index (χ2v) is 9.96. The number of amides is 2. The van der Waals surface area contributed by atoms with Crippen molar-refractivity contribution in [3.05, 3.63) is 83.9 Å². The summed E-state index contributed by atoms with van der Waals surface area (Å²) in [5.41, 5.74) is 0.801. The number of hydrogen-bond acceptors (Lipinski definition) is 6. The van der Waals surface area contributed by atoms with Gasteiger partial charge in [-0.3, -0.25) is 14.4 Å². The fourth-order valence-electron chi connectivity index (χ4n) is 5.38. The molecule has 1 aliphatic rings. The van der Waals surface area contributed by atoms with Gasteiger partial charge in [-0.1, -0.05) is 55.5 Å². The van der Waals surface area contributed by atoms with Crippen LogP contribution in [0.3, 0.4) is 0 Å². The second-order valence-electron chi connectivity index (χ2n) is 9.96. The van der Waals surface area contributed by atoms with Crippen molar-refractivity contribution < 1.29 is 29.0 Å². The number of benzene rings is 3. The molecule has 2 amide bonds. The van der Waals surface area contributed by atoms with Crippen LogP contribution in [0.2, 0.25) is 0 Å². The Morgan fingerprint density at radius 3 is 1.90 bits per heavy atom. The maximum atomic E-state index is 13.9. The number of carbonyl (C=O) groups excluding carboxylic acids is 3. The van der Waals surface area contributed by atoms with E-state index in [0.717, 1.165) is 12.0 Å². The number of ether oxygens (including phenoxy) is 2. The van der Waals surface area contributed by atoms with Gasteiger partial charge in [0.1, 0.15) is 23.2 Å². The number of para-hydroxylation sites is 4. The highest BCUT2D eigenvalue weighted by Gasteiger charge is 2.56. The van der Waals surface area contributed by atoms with Crippen molar-refractivity contribution >= 4 is 29.0 Å². The van der Waals surface area contributed by atoms with E-state index in [1.807, 2.05) is 31.2 Å². The highest BCUT2D eigenvalue weighted by Crippen LogP contribution is 2.47. The third kappa shape index (κ3) is 5.81. The molecule has 1 aliphatic carbocycles. The highest BCUT2D eigenvalue weighted by molar-refractivity contribution is 6.11. The summed E-state index contributed by atoms with van der Waals surface area (Å²) in [5, 5.41) is 17.2. The highest BCUT2D eigenvalue weighted by atomic mass is 16.5. The molecular weight excluding hydrogens is 496 g/mol. The van der Waals surface area contributed by atoms with Crippen LogP contribution in [0, 0.1) is 11.8 Å². The number of aliphatic hydroxyl groups is 1. The zero-order chi connectivity index (χ0) is 28.2. The smallest absolute Gasteiger partial charge is 0.235 e. The Morgan fingerprint density at radius 2 is 1.38 bits per heavy atom. The number of anilines is 2. The molecule has 3 aromatic carbocycles. The van der Waals surface area contributed by atoms with Crippen molar-refractivity contribution in [2.24, 2.45) is 11.8 Å². The first-order chi connectivity index (χ1) is 18.7. The van der Waals surface area contributed by atoms with E-state index >= 15 is 0 Å². The van der Waals surface area contributed by atoms with Gasteiger partial charge < -0.3 is 25.2 Å². The molecule has 8 nitrogen and oxygen atoms in total. The molecule has 1 fully saturated rings. The van der Waals surface area contributed by atoms with Crippen LogP contribution in [-0.2, 0) is 20.8 Å². The van der Waals surface area contributed by atoms with Crippen molar-refractivity contribution in [2.45, 2.75) is 38.2 Å². The van der Waals surface area contributed by atoms with Crippen LogP contribution >= 0.6 is 0 Å². The molecule has 0 saturated heterocycles. The molecule has 0 radical (unpaired) electrons. The maximum Gasteiger partial charge on any atom is 0.235 e. The lowest BCUT2D eigenvalue weighted by molar-refractivity contribution is -0.150. The number of rotatable bonds is 8. The third-order valence-corrected chi connectivity index (χ3v) is 7.33. The van der Waals surface area contributed by atoms with Crippen LogP contribution in [0.5, 0.6) is 11.5 Å². The Morgan fingerprint density at radius 1 is 0.872 bits per heavy atom. The first kappa shape index (κ1) is 27.9. The van der Waals surface area contributed by atoms with E-state index in [1.54, 1.807) is 48.5 Å². The zero-order valence-corrected chi connectivity index (χ0v) is 22.6. The monoisotopic (exact) mass is 530 g/mol. The molecule has 204 valence electrons. The zero-order valence-electron chi connectivity index (χ0n) is 22.6. The number of carbonyl (C=O) groups is 3. The van der Waals surface area contributed by atoms with Gasteiger partial charge in [-0.05, 0) is 48.7 Å². The van der Waals surface area contributed by atoms with E-state index in [-0.39, 0.29) is 6.42 Å². The predicted octanol–water partition coefficient (Wildman–Crippen LogP) is 4.58. The molecule has 0 spiro atoms. The van der Waals surface area contributed by atoms with Crippen LogP contribution < -0.4 is 20.1 Å². The Hall–Kier alpha value is -4.17. The van der Waals surface area contributed by atoms with Gasteiger partial charge in [0, 0.05) is 12.3 Å². The summed E-state index contributed by atoms with van der Waals surface area (Å²) in [7, 11) is 2.99. The largest absolute Gasteiger partial charge is 0.495 e. The molecule has 3 aromatic rings. The van der Waals surface area contributed by atoms with Crippen molar-refractivity contribution in [3.63, 3.8) is 0 Å². The quantitative estimate of drug-likeness (QED) is 0.367. The molecule has 1 saturated carbocycles. The SMILES string of the molecule is CCc1ccc(C2C(C(=O)Nc3ccccc3OC)C(=O)CC(C)(O)C2C(=O)Nc2ccccc2OC)cc1. The lowest BCUT2D eigenvalue weighted by Crippen LogP contribution is -2.56. The summed E-state index contributed by atoms with van der Waals surface area (Å²) in [6.45, 7) is 3.50. The van der Waals surface area contributed by atoms with Crippen LogP contribution in [0.25, 0.3) is 0 Å². The maximum absolute atomic E-state index is 13.9. The molecule has 4 unspecified atom stereocenters. The lowest BCUT2D eigenvalue weighted by Gasteiger charge is -2.44. The molecule has 8 heteroatoms. The number of methoxy groups -OCH3 is 2. The predicted molar refractivity (Wildman–Crippen MR) is 149 cm³/mol. The van der Waals surface area contributed by atoms with Crippen molar-refractivity contribution in [1.82, 2.24) is 0 Å². The summed E-state index contributed by atoms with van der Waals surface area (Å²) < 4.78 is 10.7. The topological polar surface area (TPSA) is 114 Å². The molecule has 0 aliphatic heterocycles. The summed E-state index contributed by atoms with van der Waals surface area (Å²) in [4.78, 5) is 41.2. The average molecular weight is 531 g/mol. The van der Waals surface area contributed by atoms with Crippen molar-refractivity contribution in [2.75, 3.05) is 24.9 Å². The summed E-state index contributed by atoms with van der Waals surface area (Å²) in [6, 6.07) is 21.3. The molecule has 4 rings (SSSR count). The first-order valence-electron chi connectivity index (χ1n) is 12.9. The van der Waals surface area contributed by atoms with Crippen molar-refractivity contribution in [1.29, 1.82) is 0 Å². The molecule has 0 heterocycles. The summed E-state index contributed by atoms with van der Waals surface area (Å²) >= 11 is 0. The van der Waals surface area contributed by atoms with Gasteiger partial charge in [0.15, 0.2) is 0 Å². The minimum absolute atomic E-state index is 0.357. The second kappa shape index (κ2) is 11.7. The van der Waals surface area contributed by atoms with E-state index in [9.17, 15) is 19.5 Å². The fraction of sp³-hybridized carbons (Fsp3) is 0.323. The van der Waals surface area contributed by atoms with Crippen LogP contribution in [-0.4, -0.2) is 42.5 Å². The minimum atomic E-state index is -1.71. The van der Waals surface area contributed by atoms with Gasteiger partial charge in [-0.25, -0.2) is 0 Å². The van der Waals surface area contributed by atoms with Gasteiger partial charge >= 0.3 is 0 Å². The average Bonchev–Trinajstić information content (AvgIpc) is 2.92. The van der Waals surface area contributed by atoms with Gasteiger partial charge in [-0.15, -0.1) is 0 Å². The van der Waals surface area contributed by atoms with Gasteiger partial charge in [0.25, 0.3) is 0 Å². The normalized spacial score (nSPS) is 22.6. The standard InChI is InChI=1S/C31H34N2O6/c1-5-19-14-16-20(17-15-19)26-27(29(35)32-21-10-6-8-12-24(21)38-3)23(34)18-31(2,37)28(26)30(36)33-22-11-7-9-13-25(22)39-4/h6-17,26-28,37H,5,18H2,1-4H3,(H,32,35)(H,33,36). The van der Waals surface area contributed by atoms with E-state index in [2.05, 4.69) is 10.6 Å². The number of hydrogen-bond donors (Lipinski definition) is 3. The van der Waals surface area contributed by atoms with Crippen LogP contribution in [0.15, 0.2) is 72.8 Å². The minimum Gasteiger partial charge on any atom is -0.495 e. The number of nitrogens with one attached hydrogen (secondary N) is 2. The lowest BCUT2D eigenvalue weighted by atomic mass is 9.61. The number of ketones is 1. The molecule has 3 N–H and O–H groups in total. The molecule has 4 atom stereocenters. The third-order valence-electron chi connectivity index (χ3n) is 7.33. The van der Waals surface area contributed by atoms with E-state index in [0.29, 0.717) is 28.4 Å². The van der Waals surface area contributed by atoms with Gasteiger partial charge in [-0.2, -0.15) is 0 Å². The van der Waals surface area contributed by atoms with Crippen LogP contribution in [0.4, 0.5) is 11.4 Å². The first-order valence-corrected chi connectivity index (χ1v) is 12.9. The Bertz CT molecular complexity index is 1350. The van der Waals surface area contributed by atoms with Crippen molar-refractivity contribution in [3.8, 4) is 11.5 Å². The molecule has 0 aromatic heterocycles. The molecule has 39 heavy (non-hydrogen) atoms. The van der Waals surface area contributed by atoms with Gasteiger partial charge in [0.05, 0.1) is 37.1 Å². The summed E-state index contributed by atoms with van der Waals surface area (Å²) in [6.07, 6.45) is 0.446. The Kier molecular flexibility index (Phi) is 8.35. The Balaban J connectivity index is 1.79.